The van der Waals surface area contributed by atoms with E-state index in [1.807, 2.05) is 24.4 Å². The van der Waals surface area contributed by atoms with Gasteiger partial charge in [-0.2, -0.15) is 13.2 Å². The molecule has 1 unspecified atom stereocenters. The molecular formula is C19H25F3IN3O2S. The van der Waals surface area contributed by atoms with Crippen LogP contribution >= 0.6 is 35.3 Å². The van der Waals surface area contributed by atoms with E-state index in [0.717, 1.165) is 10.9 Å². The SMILES string of the molecule is CCNC(=NCc1ccc(OC)cc1C(F)(F)F)NCC(C)(O)c1cccs1.I. The zero-order valence-electron chi connectivity index (χ0n) is 16.3. The Kier molecular flexibility index (Phi) is 9.69. The van der Waals surface area contributed by atoms with Crippen molar-refractivity contribution in [1.29, 1.82) is 0 Å². The lowest BCUT2D eigenvalue weighted by atomic mass is 10.1. The molecule has 0 radical (unpaired) electrons. The highest BCUT2D eigenvalue weighted by Crippen LogP contribution is 2.34. The number of rotatable bonds is 7. The van der Waals surface area contributed by atoms with Crippen molar-refractivity contribution in [1.82, 2.24) is 10.6 Å². The van der Waals surface area contributed by atoms with E-state index in [1.165, 1.54) is 30.6 Å². The van der Waals surface area contributed by atoms with Crippen molar-refractivity contribution in [2.45, 2.75) is 32.2 Å². The lowest BCUT2D eigenvalue weighted by molar-refractivity contribution is -0.138. The average molecular weight is 543 g/mol. The summed E-state index contributed by atoms with van der Waals surface area (Å²) in [6, 6.07) is 7.46. The smallest absolute Gasteiger partial charge is 0.416 e. The number of thiophene rings is 1. The number of methoxy groups -OCH3 is 1. The molecule has 10 heteroatoms. The molecule has 0 fully saturated rings. The van der Waals surface area contributed by atoms with Gasteiger partial charge in [-0.25, -0.2) is 4.99 Å². The fraction of sp³-hybridized carbons (Fsp3) is 0.421. The van der Waals surface area contributed by atoms with E-state index in [-0.39, 0.29) is 48.4 Å². The number of guanidine groups is 1. The highest BCUT2D eigenvalue weighted by Gasteiger charge is 2.33. The minimum atomic E-state index is -4.51. The van der Waals surface area contributed by atoms with Gasteiger partial charge in [-0.05, 0) is 43.0 Å². The van der Waals surface area contributed by atoms with Gasteiger partial charge >= 0.3 is 6.18 Å². The Labute approximate surface area is 189 Å². The molecule has 1 aromatic heterocycles. The average Bonchev–Trinajstić information content (AvgIpc) is 3.19. The van der Waals surface area contributed by atoms with Crippen LogP contribution < -0.4 is 15.4 Å². The molecular weight excluding hydrogens is 518 g/mol. The van der Waals surface area contributed by atoms with Gasteiger partial charge in [0.2, 0.25) is 0 Å². The first-order chi connectivity index (χ1) is 13.2. The molecule has 1 heterocycles. The highest BCUT2D eigenvalue weighted by atomic mass is 127. The first-order valence-corrected chi connectivity index (χ1v) is 9.58. The number of nitrogens with zero attached hydrogens (tertiary/aromatic N) is 1. The molecule has 1 atom stereocenters. The summed E-state index contributed by atoms with van der Waals surface area (Å²) in [6.07, 6.45) is -4.51. The Hall–Kier alpha value is -1.53. The van der Waals surface area contributed by atoms with E-state index < -0.39 is 17.3 Å². The number of aliphatic hydroxyl groups is 1. The quantitative estimate of drug-likeness (QED) is 0.276. The summed E-state index contributed by atoms with van der Waals surface area (Å²) in [5.41, 5.74) is -1.87. The van der Waals surface area contributed by atoms with Gasteiger partial charge in [0.15, 0.2) is 5.96 Å². The van der Waals surface area contributed by atoms with Crippen LogP contribution in [0.15, 0.2) is 40.7 Å². The van der Waals surface area contributed by atoms with Crippen molar-refractivity contribution in [2.75, 3.05) is 20.2 Å². The maximum Gasteiger partial charge on any atom is 0.416 e. The van der Waals surface area contributed by atoms with Gasteiger partial charge in [0.05, 0.1) is 25.8 Å². The summed E-state index contributed by atoms with van der Waals surface area (Å²) in [5, 5.41) is 18.4. The zero-order chi connectivity index (χ0) is 20.8. The van der Waals surface area contributed by atoms with E-state index >= 15 is 0 Å². The Balaban J connectivity index is 0.00000420. The number of hydrogen-bond acceptors (Lipinski definition) is 4. The lowest BCUT2D eigenvalue weighted by Crippen LogP contribution is -2.44. The van der Waals surface area contributed by atoms with Crippen molar-refractivity contribution in [3.63, 3.8) is 0 Å². The van der Waals surface area contributed by atoms with Gasteiger partial charge in [-0.3, -0.25) is 0 Å². The number of hydrogen-bond donors (Lipinski definition) is 3. The predicted molar refractivity (Wildman–Crippen MR) is 120 cm³/mol. The Morgan fingerprint density at radius 1 is 1.24 bits per heavy atom. The Morgan fingerprint density at radius 2 is 1.97 bits per heavy atom. The second kappa shape index (κ2) is 11.0. The van der Waals surface area contributed by atoms with Gasteiger partial charge in [0.1, 0.15) is 11.4 Å². The van der Waals surface area contributed by atoms with Gasteiger partial charge in [0, 0.05) is 11.4 Å². The Bertz CT molecular complexity index is 796. The molecule has 0 spiro atoms. The normalized spacial score (nSPS) is 14.0. The van der Waals surface area contributed by atoms with Crippen LogP contribution in [0.4, 0.5) is 13.2 Å². The molecule has 5 nitrogen and oxygen atoms in total. The van der Waals surface area contributed by atoms with Gasteiger partial charge in [0.25, 0.3) is 0 Å². The van der Waals surface area contributed by atoms with Crippen LogP contribution in [0, 0.1) is 0 Å². The van der Waals surface area contributed by atoms with Gasteiger partial charge in [-0.1, -0.05) is 12.1 Å². The van der Waals surface area contributed by atoms with Crippen molar-refractivity contribution in [3.05, 3.63) is 51.7 Å². The third kappa shape index (κ3) is 7.34. The highest BCUT2D eigenvalue weighted by molar-refractivity contribution is 14.0. The summed E-state index contributed by atoms with van der Waals surface area (Å²) in [7, 11) is 1.32. The molecule has 2 rings (SSSR count). The van der Waals surface area contributed by atoms with E-state index in [4.69, 9.17) is 4.74 Å². The number of aliphatic imine (C=N–C) groups is 1. The molecule has 0 bridgehead atoms. The molecule has 162 valence electrons. The van der Waals surface area contributed by atoms with Crippen LogP contribution in [0.25, 0.3) is 0 Å². The van der Waals surface area contributed by atoms with Crippen LogP contribution in [0.5, 0.6) is 5.75 Å². The standard InChI is InChI=1S/C19H24F3N3O2S.HI/c1-4-23-17(25-12-18(2,26)16-6-5-9-28-16)24-11-13-7-8-14(27-3)10-15(13)19(20,21)22;/h5-10,26H,4,11-12H2,1-3H3,(H2,23,24,25);1H. The van der Waals surface area contributed by atoms with Crippen molar-refractivity contribution >= 4 is 41.3 Å². The van der Waals surface area contributed by atoms with Crippen LogP contribution in [0.2, 0.25) is 0 Å². The minimum absolute atomic E-state index is 0. The van der Waals surface area contributed by atoms with Crippen LogP contribution in [-0.4, -0.2) is 31.3 Å². The molecule has 0 aliphatic heterocycles. The van der Waals surface area contributed by atoms with Crippen LogP contribution in [-0.2, 0) is 18.3 Å². The number of alkyl halides is 3. The lowest BCUT2D eigenvalue weighted by Gasteiger charge is -2.23. The van der Waals surface area contributed by atoms with E-state index in [0.29, 0.717) is 12.5 Å². The minimum Gasteiger partial charge on any atom is -0.497 e. The molecule has 2 aromatic rings. The maximum absolute atomic E-state index is 13.3. The monoisotopic (exact) mass is 543 g/mol. The maximum atomic E-state index is 13.3. The van der Waals surface area contributed by atoms with E-state index in [1.54, 1.807) is 6.92 Å². The zero-order valence-corrected chi connectivity index (χ0v) is 19.5. The van der Waals surface area contributed by atoms with Crippen LogP contribution in [0.3, 0.4) is 0 Å². The largest absolute Gasteiger partial charge is 0.497 e. The number of halogens is 4. The number of nitrogens with one attached hydrogen (secondary N) is 2. The van der Waals surface area contributed by atoms with Gasteiger partial charge in [-0.15, -0.1) is 35.3 Å². The Morgan fingerprint density at radius 3 is 2.52 bits per heavy atom. The molecule has 0 amide bonds. The summed E-state index contributed by atoms with van der Waals surface area (Å²) >= 11 is 1.43. The number of ether oxygens (including phenoxy) is 1. The second-order valence-electron chi connectivity index (χ2n) is 6.32. The first-order valence-electron chi connectivity index (χ1n) is 8.70. The van der Waals surface area contributed by atoms with Crippen molar-refractivity contribution in [2.24, 2.45) is 4.99 Å². The second-order valence-corrected chi connectivity index (χ2v) is 7.27. The molecule has 0 aliphatic rings. The molecule has 0 aliphatic carbocycles. The summed E-state index contributed by atoms with van der Waals surface area (Å²) in [5.74, 6) is 0.459. The summed E-state index contributed by atoms with van der Waals surface area (Å²) in [6.45, 7) is 4.04. The molecule has 0 saturated carbocycles. The third-order valence-electron chi connectivity index (χ3n) is 4.03. The van der Waals surface area contributed by atoms with E-state index in [2.05, 4.69) is 15.6 Å². The van der Waals surface area contributed by atoms with E-state index in [9.17, 15) is 18.3 Å². The molecule has 29 heavy (non-hydrogen) atoms. The predicted octanol–water partition coefficient (Wildman–Crippen LogP) is 4.36. The van der Waals surface area contributed by atoms with Gasteiger partial charge < -0.3 is 20.5 Å². The fourth-order valence-corrected chi connectivity index (χ4v) is 3.31. The fourth-order valence-electron chi connectivity index (χ4n) is 2.52. The third-order valence-corrected chi connectivity index (χ3v) is 5.15. The topological polar surface area (TPSA) is 65.9 Å². The first kappa shape index (κ1) is 25.5. The molecule has 1 aromatic carbocycles. The van der Waals surface area contributed by atoms with Crippen LogP contribution in [0.1, 0.15) is 29.9 Å². The van der Waals surface area contributed by atoms with Crippen molar-refractivity contribution in [3.8, 4) is 5.75 Å². The molecule has 0 saturated heterocycles. The summed E-state index contributed by atoms with van der Waals surface area (Å²) in [4.78, 5) is 5.03. The van der Waals surface area contributed by atoms with Crippen molar-refractivity contribution < 1.29 is 23.0 Å². The summed E-state index contributed by atoms with van der Waals surface area (Å²) < 4.78 is 44.9. The number of benzene rings is 1. The molecule has 3 N–H and O–H groups in total.